The van der Waals surface area contributed by atoms with Crippen LogP contribution in [0.3, 0.4) is 0 Å². The van der Waals surface area contributed by atoms with Crippen LogP contribution in [-0.2, 0) is 16.4 Å². The lowest BCUT2D eigenvalue weighted by molar-refractivity contribution is 0.331. The van der Waals surface area contributed by atoms with Gasteiger partial charge in [-0.25, -0.2) is 22.6 Å². The highest BCUT2D eigenvalue weighted by Crippen LogP contribution is 2.25. The van der Waals surface area contributed by atoms with Crippen molar-refractivity contribution < 1.29 is 13.2 Å². The molecule has 0 aliphatic heterocycles. The van der Waals surface area contributed by atoms with Crippen molar-refractivity contribution in [3.63, 3.8) is 0 Å². The smallest absolute Gasteiger partial charge is 0.244 e. The Hall–Kier alpha value is -2.45. The molecule has 0 unspecified atom stereocenters. The molecule has 0 bridgehead atoms. The number of nitrogens with one attached hydrogen (secondary N) is 1. The highest BCUT2D eigenvalue weighted by Gasteiger charge is 2.19. The molecular weight excluding hydrogens is 364 g/mol. The Morgan fingerprint density at radius 2 is 2.04 bits per heavy atom. The number of fused-ring (bicyclic) bond motifs is 1. The zero-order chi connectivity index (χ0) is 19.4. The van der Waals surface area contributed by atoms with Crippen LogP contribution in [0.1, 0.15) is 30.2 Å². The molecule has 3 rings (SSSR count). The van der Waals surface area contributed by atoms with Crippen molar-refractivity contribution in [2.75, 3.05) is 13.2 Å². The van der Waals surface area contributed by atoms with E-state index >= 15 is 0 Å². The van der Waals surface area contributed by atoms with Crippen LogP contribution in [-0.4, -0.2) is 36.2 Å². The van der Waals surface area contributed by atoms with Gasteiger partial charge in [0, 0.05) is 25.0 Å². The third kappa shape index (κ3) is 4.64. The number of hydrogen-bond donors (Lipinski definition) is 1. The summed E-state index contributed by atoms with van der Waals surface area (Å²) < 4.78 is 35.2. The second-order valence-corrected chi connectivity index (χ2v) is 8.17. The maximum absolute atomic E-state index is 12.7. The van der Waals surface area contributed by atoms with Gasteiger partial charge in [0.25, 0.3) is 0 Å². The molecule has 0 saturated carbocycles. The van der Waals surface area contributed by atoms with Crippen LogP contribution in [0, 0.1) is 13.8 Å². The van der Waals surface area contributed by atoms with Crippen molar-refractivity contribution in [3.8, 4) is 5.75 Å². The molecule has 2 aromatic heterocycles. The average molecular weight is 388 g/mol. The van der Waals surface area contributed by atoms with Gasteiger partial charge in [-0.2, -0.15) is 5.10 Å². The predicted octanol–water partition coefficient (Wildman–Crippen LogP) is 2.66. The Balaban J connectivity index is 1.62. The van der Waals surface area contributed by atoms with Crippen molar-refractivity contribution in [2.45, 2.75) is 38.5 Å². The Morgan fingerprint density at radius 1 is 1.22 bits per heavy atom. The summed E-state index contributed by atoms with van der Waals surface area (Å²) in [4.78, 5) is 4.54. The topological polar surface area (TPSA) is 85.6 Å². The van der Waals surface area contributed by atoms with Gasteiger partial charge in [0.15, 0.2) is 5.65 Å². The summed E-state index contributed by atoms with van der Waals surface area (Å²) in [6, 6.07) is 7.07. The number of aromatic nitrogens is 3. The van der Waals surface area contributed by atoms with Gasteiger partial charge in [0.05, 0.1) is 12.3 Å². The maximum Gasteiger partial charge on any atom is 0.244 e. The summed E-state index contributed by atoms with van der Waals surface area (Å²) in [5.41, 5.74) is 3.60. The highest BCUT2D eigenvalue weighted by atomic mass is 32.2. The van der Waals surface area contributed by atoms with Crippen molar-refractivity contribution in [1.29, 1.82) is 0 Å². The van der Waals surface area contributed by atoms with Crippen molar-refractivity contribution in [1.82, 2.24) is 19.3 Å². The largest absolute Gasteiger partial charge is 0.492 e. The van der Waals surface area contributed by atoms with Gasteiger partial charge in [-0.05, 0) is 56.9 Å². The van der Waals surface area contributed by atoms with Crippen molar-refractivity contribution >= 4 is 15.7 Å². The normalized spacial score (nSPS) is 11.8. The fourth-order valence-corrected chi connectivity index (χ4v) is 4.14. The standard InChI is InChI=1S/C19H24N4O3S/c1-4-26-17-8-7-14(2)10-18(17)27(24,25)21-9-5-6-16-12-20-19-11-15(3)22-23(19)13-16/h7-8,10-13,21H,4-6,9H2,1-3H3. The monoisotopic (exact) mass is 388 g/mol. The van der Waals surface area contributed by atoms with Crippen LogP contribution in [0.5, 0.6) is 5.75 Å². The van der Waals surface area contributed by atoms with Crippen LogP contribution < -0.4 is 9.46 Å². The number of benzene rings is 1. The van der Waals surface area contributed by atoms with Gasteiger partial charge in [-0.15, -0.1) is 0 Å². The SMILES string of the molecule is CCOc1ccc(C)cc1S(=O)(=O)NCCCc1cnc2cc(C)nn2c1. The lowest BCUT2D eigenvalue weighted by Crippen LogP contribution is -2.25. The van der Waals surface area contributed by atoms with E-state index in [9.17, 15) is 8.42 Å². The molecule has 3 aromatic rings. The maximum atomic E-state index is 12.7. The molecule has 0 atom stereocenters. The second kappa shape index (κ2) is 8.06. The van der Waals surface area contributed by atoms with Gasteiger partial charge in [0.2, 0.25) is 10.0 Å². The molecule has 144 valence electrons. The van der Waals surface area contributed by atoms with Crippen LogP contribution in [0.25, 0.3) is 5.65 Å². The Kier molecular flexibility index (Phi) is 5.76. The third-order valence-corrected chi connectivity index (χ3v) is 5.59. The number of sulfonamides is 1. The van der Waals surface area contributed by atoms with E-state index in [2.05, 4.69) is 14.8 Å². The minimum Gasteiger partial charge on any atom is -0.492 e. The minimum absolute atomic E-state index is 0.180. The molecule has 0 amide bonds. The summed E-state index contributed by atoms with van der Waals surface area (Å²) in [5.74, 6) is 0.374. The Morgan fingerprint density at radius 3 is 2.81 bits per heavy atom. The fourth-order valence-electron chi connectivity index (χ4n) is 2.84. The van der Waals surface area contributed by atoms with E-state index in [1.165, 1.54) is 0 Å². The van der Waals surface area contributed by atoms with E-state index in [1.54, 1.807) is 22.8 Å². The first-order chi connectivity index (χ1) is 12.9. The Labute approximate surface area is 159 Å². The Bertz CT molecular complexity index is 1040. The number of nitrogens with zero attached hydrogens (tertiary/aromatic N) is 3. The summed E-state index contributed by atoms with van der Waals surface area (Å²) in [7, 11) is -3.63. The molecule has 0 saturated heterocycles. The molecule has 0 spiro atoms. The molecule has 0 aliphatic carbocycles. The van der Waals surface area contributed by atoms with Crippen LogP contribution >= 0.6 is 0 Å². The summed E-state index contributed by atoms with van der Waals surface area (Å²) in [6.45, 7) is 6.35. The molecule has 2 heterocycles. The molecular formula is C19H24N4O3S. The molecule has 0 fully saturated rings. The van der Waals surface area contributed by atoms with Gasteiger partial charge < -0.3 is 4.74 Å². The first-order valence-electron chi connectivity index (χ1n) is 8.93. The molecule has 0 aliphatic rings. The van der Waals surface area contributed by atoms with E-state index in [4.69, 9.17) is 4.74 Å². The first-order valence-corrected chi connectivity index (χ1v) is 10.4. The fraction of sp³-hybridized carbons (Fsp3) is 0.368. The van der Waals surface area contributed by atoms with E-state index in [1.807, 2.05) is 39.1 Å². The van der Waals surface area contributed by atoms with E-state index in [-0.39, 0.29) is 4.90 Å². The van der Waals surface area contributed by atoms with Crippen LogP contribution in [0.2, 0.25) is 0 Å². The molecule has 8 heteroatoms. The van der Waals surface area contributed by atoms with Crippen molar-refractivity contribution in [3.05, 3.63) is 53.5 Å². The van der Waals surface area contributed by atoms with Gasteiger partial charge in [0.1, 0.15) is 10.6 Å². The molecule has 0 radical (unpaired) electrons. The zero-order valence-electron chi connectivity index (χ0n) is 15.8. The number of hydrogen-bond acceptors (Lipinski definition) is 5. The molecule has 27 heavy (non-hydrogen) atoms. The average Bonchev–Trinajstić information content (AvgIpc) is 2.99. The molecule has 7 nitrogen and oxygen atoms in total. The molecule has 1 N–H and O–H groups in total. The van der Waals surface area contributed by atoms with E-state index in [0.29, 0.717) is 31.7 Å². The highest BCUT2D eigenvalue weighted by molar-refractivity contribution is 7.89. The first kappa shape index (κ1) is 19.3. The summed E-state index contributed by atoms with van der Waals surface area (Å²) in [5, 5.41) is 4.35. The van der Waals surface area contributed by atoms with Crippen molar-refractivity contribution in [2.24, 2.45) is 0 Å². The van der Waals surface area contributed by atoms with Gasteiger partial charge >= 0.3 is 0 Å². The third-order valence-electron chi connectivity index (χ3n) is 4.11. The van der Waals surface area contributed by atoms with E-state index in [0.717, 1.165) is 22.5 Å². The predicted molar refractivity (Wildman–Crippen MR) is 104 cm³/mol. The van der Waals surface area contributed by atoms with Crippen LogP contribution in [0.4, 0.5) is 0 Å². The number of ether oxygens (including phenoxy) is 1. The molecule has 1 aromatic carbocycles. The van der Waals surface area contributed by atoms with Crippen LogP contribution in [0.15, 0.2) is 41.6 Å². The summed E-state index contributed by atoms with van der Waals surface area (Å²) >= 11 is 0. The lowest BCUT2D eigenvalue weighted by Gasteiger charge is -2.12. The quantitative estimate of drug-likeness (QED) is 0.600. The number of rotatable bonds is 8. The van der Waals surface area contributed by atoms with Gasteiger partial charge in [-0.1, -0.05) is 6.07 Å². The lowest BCUT2D eigenvalue weighted by atomic mass is 10.2. The minimum atomic E-state index is -3.63. The van der Waals surface area contributed by atoms with Gasteiger partial charge in [-0.3, -0.25) is 0 Å². The van der Waals surface area contributed by atoms with E-state index < -0.39 is 10.0 Å². The summed E-state index contributed by atoms with van der Waals surface area (Å²) in [6.07, 6.45) is 5.09. The zero-order valence-corrected chi connectivity index (χ0v) is 16.6. The second-order valence-electron chi connectivity index (χ2n) is 6.44. The number of aryl methyl sites for hydroxylation is 3.